The van der Waals surface area contributed by atoms with Gasteiger partial charge in [0.15, 0.2) is 0 Å². The Kier molecular flexibility index (Phi) is 6.57. The normalized spacial score (nSPS) is 11.9. The zero-order valence-electron chi connectivity index (χ0n) is 19.1. The molecule has 5 nitrogen and oxygen atoms in total. The Balaban J connectivity index is 1.33. The monoisotopic (exact) mass is 463 g/mol. The Morgan fingerprint density at radius 1 is 0.771 bits per heavy atom. The summed E-state index contributed by atoms with van der Waals surface area (Å²) in [5.74, 6) is -1.04. The standard InChI is InChI=1S/C30H25NO4/c32-29(18-25-19-31-27-13-7-6-12-26(25)27)35-28(30(33)34-20-21-8-2-1-3-9-21)17-22-14-15-23-10-4-5-11-24(23)16-22/h1-16,19,28,31H,17-18,20H2/t28-/m1/s1. The van der Waals surface area contributed by atoms with Gasteiger partial charge < -0.3 is 14.5 Å². The third-order valence-corrected chi connectivity index (χ3v) is 6.01. The van der Waals surface area contributed by atoms with E-state index in [2.05, 4.69) is 4.98 Å². The molecule has 35 heavy (non-hydrogen) atoms. The van der Waals surface area contributed by atoms with Crippen LogP contribution in [0.25, 0.3) is 21.7 Å². The van der Waals surface area contributed by atoms with Gasteiger partial charge in [-0.1, -0.05) is 91.0 Å². The molecule has 0 unspecified atom stereocenters. The lowest BCUT2D eigenvalue weighted by Crippen LogP contribution is -2.31. The van der Waals surface area contributed by atoms with Crippen LogP contribution in [0.15, 0.2) is 103 Å². The van der Waals surface area contributed by atoms with E-state index in [1.807, 2.05) is 97.1 Å². The molecule has 0 bridgehead atoms. The second-order valence-corrected chi connectivity index (χ2v) is 8.49. The zero-order valence-corrected chi connectivity index (χ0v) is 19.1. The zero-order chi connectivity index (χ0) is 24.0. The number of rotatable bonds is 8. The molecule has 0 aliphatic rings. The van der Waals surface area contributed by atoms with Crippen molar-refractivity contribution in [1.82, 2.24) is 4.98 Å². The van der Waals surface area contributed by atoms with E-state index in [0.29, 0.717) is 0 Å². The second kappa shape index (κ2) is 10.3. The van der Waals surface area contributed by atoms with Gasteiger partial charge in [-0.3, -0.25) is 4.79 Å². The predicted octanol–water partition coefficient (Wildman–Crippen LogP) is 5.76. The summed E-state index contributed by atoms with van der Waals surface area (Å²) in [5.41, 5.74) is 3.54. The van der Waals surface area contributed by atoms with Crippen molar-refractivity contribution in [3.63, 3.8) is 0 Å². The number of hydrogen-bond donors (Lipinski definition) is 1. The van der Waals surface area contributed by atoms with E-state index >= 15 is 0 Å². The van der Waals surface area contributed by atoms with E-state index in [4.69, 9.17) is 9.47 Å². The number of aromatic nitrogens is 1. The molecule has 0 saturated heterocycles. The highest BCUT2D eigenvalue weighted by Gasteiger charge is 2.26. The highest BCUT2D eigenvalue weighted by molar-refractivity contribution is 5.88. The minimum Gasteiger partial charge on any atom is -0.458 e. The maximum atomic E-state index is 13.0. The number of ether oxygens (including phenoxy) is 2. The molecule has 174 valence electrons. The Bertz CT molecular complexity index is 1470. The van der Waals surface area contributed by atoms with Crippen LogP contribution in [0, 0.1) is 0 Å². The summed E-state index contributed by atoms with van der Waals surface area (Å²) in [7, 11) is 0. The molecule has 1 heterocycles. The molecule has 0 radical (unpaired) electrons. The van der Waals surface area contributed by atoms with Crippen LogP contribution in [0.2, 0.25) is 0 Å². The van der Waals surface area contributed by atoms with Crippen LogP contribution in [0.1, 0.15) is 16.7 Å². The van der Waals surface area contributed by atoms with Gasteiger partial charge in [-0.15, -0.1) is 0 Å². The predicted molar refractivity (Wildman–Crippen MR) is 136 cm³/mol. The van der Waals surface area contributed by atoms with Crippen molar-refractivity contribution in [2.45, 2.75) is 25.6 Å². The number of esters is 2. The molecule has 0 saturated carbocycles. The van der Waals surface area contributed by atoms with Gasteiger partial charge in [-0.2, -0.15) is 0 Å². The molecule has 0 aliphatic carbocycles. The number of benzene rings is 4. The number of H-pyrrole nitrogens is 1. The summed E-state index contributed by atoms with van der Waals surface area (Å²) in [6.45, 7) is 0.119. The van der Waals surface area contributed by atoms with Crippen LogP contribution in [-0.2, 0) is 38.5 Å². The third kappa shape index (κ3) is 5.41. The molecule has 4 aromatic carbocycles. The van der Waals surface area contributed by atoms with Crippen LogP contribution >= 0.6 is 0 Å². The Morgan fingerprint density at radius 3 is 2.37 bits per heavy atom. The molecular weight excluding hydrogens is 438 g/mol. The number of nitrogens with one attached hydrogen (secondary N) is 1. The SMILES string of the molecule is O=C(Cc1c[nH]c2ccccc12)O[C@H](Cc1ccc2ccccc2c1)C(=O)OCc1ccccc1. The number of aromatic amines is 1. The van der Waals surface area contributed by atoms with Crippen molar-refractivity contribution in [3.05, 3.63) is 120 Å². The smallest absolute Gasteiger partial charge is 0.348 e. The summed E-state index contributed by atoms with van der Waals surface area (Å²) in [6, 6.07) is 31.2. The lowest BCUT2D eigenvalue weighted by molar-refractivity contribution is -0.168. The van der Waals surface area contributed by atoms with E-state index in [0.717, 1.165) is 38.4 Å². The van der Waals surface area contributed by atoms with E-state index in [9.17, 15) is 9.59 Å². The molecule has 0 fully saturated rings. The molecule has 5 heteroatoms. The van der Waals surface area contributed by atoms with Crippen molar-refractivity contribution < 1.29 is 19.1 Å². The fourth-order valence-corrected chi connectivity index (χ4v) is 4.21. The highest BCUT2D eigenvalue weighted by atomic mass is 16.6. The van der Waals surface area contributed by atoms with Gasteiger partial charge >= 0.3 is 11.9 Å². The summed E-state index contributed by atoms with van der Waals surface area (Å²) >= 11 is 0. The largest absolute Gasteiger partial charge is 0.458 e. The molecule has 1 aromatic heterocycles. The van der Waals surface area contributed by atoms with Crippen molar-refractivity contribution in [3.8, 4) is 0 Å². The first kappa shape index (κ1) is 22.4. The van der Waals surface area contributed by atoms with E-state index in [-0.39, 0.29) is 19.4 Å². The molecule has 0 amide bonds. The number of hydrogen-bond acceptors (Lipinski definition) is 4. The molecule has 5 aromatic rings. The summed E-state index contributed by atoms with van der Waals surface area (Å²) in [5, 5.41) is 3.13. The first-order valence-corrected chi connectivity index (χ1v) is 11.6. The first-order chi connectivity index (χ1) is 17.2. The lowest BCUT2D eigenvalue weighted by atomic mass is 10.0. The number of carbonyl (C=O) groups excluding carboxylic acids is 2. The van der Waals surface area contributed by atoms with Crippen molar-refractivity contribution in [2.75, 3.05) is 0 Å². The molecular formula is C30H25NO4. The number of fused-ring (bicyclic) bond motifs is 2. The summed E-state index contributed by atoms with van der Waals surface area (Å²) in [4.78, 5) is 29.1. The van der Waals surface area contributed by atoms with E-state index in [1.54, 1.807) is 6.20 Å². The van der Waals surface area contributed by atoms with Crippen LogP contribution in [0.4, 0.5) is 0 Å². The molecule has 1 N–H and O–H groups in total. The van der Waals surface area contributed by atoms with Crippen molar-refractivity contribution in [1.29, 1.82) is 0 Å². The third-order valence-electron chi connectivity index (χ3n) is 6.01. The van der Waals surface area contributed by atoms with Crippen molar-refractivity contribution >= 4 is 33.6 Å². The van der Waals surface area contributed by atoms with Gasteiger partial charge in [-0.05, 0) is 33.5 Å². The maximum Gasteiger partial charge on any atom is 0.348 e. The molecule has 5 rings (SSSR count). The average Bonchev–Trinajstić information content (AvgIpc) is 3.30. The lowest BCUT2D eigenvalue weighted by Gasteiger charge is -2.17. The number of carbonyl (C=O) groups is 2. The quantitative estimate of drug-likeness (QED) is 0.297. The van der Waals surface area contributed by atoms with Gasteiger partial charge in [0.1, 0.15) is 6.61 Å². The molecule has 0 spiro atoms. The topological polar surface area (TPSA) is 68.4 Å². The average molecular weight is 464 g/mol. The van der Waals surface area contributed by atoms with Crippen LogP contribution in [-0.4, -0.2) is 23.0 Å². The Hall–Kier alpha value is -4.38. The van der Waals surface area contributed by atoms with Crippen LogP contribution in [0.5, 0.6) is 0 Å². The minimum atomic E-state index is -1.04. The van der Waals surface area contributed by atoms with E-state index < -0.39 is 18.0 Å². The Morgan fingerprint density at radius 2 is 1.51 bits per heavy atom. The summed E-state index contributed by atoms with van der Waals surface area (Å²) in [6.07, 6.45) is 1.05. The van der Waals surface area contributed by atoms with Gasteiger partial charge in [0.05, 0.1) is 6.42 Å². The maximum absolute atomic E-state index is 13.0. The van der Waals surface area contributed by atoms with Crippen LogP contribution < -0.4 is 0 Å². The fraction of sp³-hybridized carbons (Fsp3) is 0.133. The molecule has 0 aliphatic heterocycles. The minimum absolute atomic E-state index is 0.0597. The Labute approximate surface area is 203 Å². The van der Waals surface area contributed by atoms with Crippen molar-refractivity contribution in [2.24, 2.45) is 0 Å². The van der Waals surface area contributed by atoms with Gasteiger partial charge in [-0.25, -0.2) is 4.79 Å². The van der Waals surface area contributed by atoms with Gasteiger partial charge in [0, 0.05) is 23.5 Å². The van der Waals surface area contributed by atoms with Gasteiger partial charge in [0.25, 0.3) is 0 Å². The second-order valence-electron chi connectivity index (χ2n) is 8.49. The van der Waals surface area contributed by atoms with E-state index in [1.165, 1.54) is 0 Å². The van der Waals surface area contributed by atoms with Crippen LogP contribution in [0.3, 0.4) is 0 Å². The number of para-hydroxylation sites is 1. The first-order valence-electron chi connectivity index (χ1n) is 11.6. The summed E-state index contributed by atoms with van der Waals surface area (Å²) < 4.78 is 11.2. The fourth-order valence-electron chi connectivity index (χ4n) is 4.21. The highest BCUT2D eigenvalue weighted by Crippen LogP contribution is 2.21. The van der Waals surface area contributed by atoms with Gasteiger partial charge in [0.2, 0.25) is 6.10 Å². The molecule has 1 atom stereocenters.